The van der Waals surface area contributed by atoms with E-state index in [0.29, 0.717) is 5.69 Å². The van der Waals surface area contributed by atoms with Gasteiger partial charge in [0, 0.05) is 12.4 Å². The highest BCUT2D eigenvalue weighted by Crippen LogP contribution is 1.85. The van der Waals surface area contributed by atoms with Gasteiger partial charge in [0.1, 0.15) is 0 Å². The van der Waals surface area contributed by atoms with Crippen molar-refractivity contribution in [3.63, 3.8) is 0 Å². The quantitative estimate of drug-likeness (QED) is 0.558. The van der Waals surface area contributed by atoms with Crippen LogP contribution in [0, 0.1) is 5.41 Å². The van der Waals surface area contributed by atoms with Crippen LogP contribution >= 0.6 is 0 Å². The molecule has 0 spiro atoms. The fraction of sp³-hybridized carbons (Fsp3) is 0.143. The Bertz CT molecular complexity index is 171. The first kappa shape index (κ1) is 8.78. The molecule has 0 saturated heterocycles. The average Bonchev–Trinajstić information content (AvgIpc) is 2.10. The molecule has 0 aliphatic rings. The first-order chi connectivity index (χ1) is 4.93. The van der Waals surface area contributed by atoms with E-state index in [1.54, 1.807) is 12.3 Å². The summed E-state index contributed by atoms with van der Waals surface area (Å²) < 4.78 is 0. The molecule has 0 aromatic carbocycles. The molecular weight excluding hydrogens is 126 g/mol. The monoisotopic (exact) mass is 137 g/mol. The number of rotatable bonds is 1. The van der Waals surface area contributed by atoms with Crippen LogP contribution in [0.4, 0.5) is 0 Å². The van der Waals surface area contributed by atoms with Gasteiger partial charge >= 0.3 is 0 Å². The second kappa shape index (κ2) is 5.91. The van der Waals surface area contributed by atoms with E-state index in [0.717, 1.165) is 0 Å². The lowest BCUT2D eigenvalue weighted by Crippen LogP contribution is -1.80. The fourth-order valence-corrected chi connectivity index (χ4v) is 0.461. The maximum atomic E-state index is 6.76. The lowest BCUT2D eigenvalue weighted by molar-refractivity contribution is 1.29. The van der Waals surface area contributed by atoms with Crippen molar-refractivity contribution >= 4 is 6.21 Å². The first-order valence-electron chi connectivity index (χ1n) is 2.93. The van der Waals surface area contributed by atoms with Crippen molar-refractivity contribution in [3.8, 4) is 0 Å². The number of hydrogen-bond donors (Lipinski definition) is 2. The van der Waals surface area contributed by atoms with Gasteiger partial charge in [0.05, 0.1) is 5.69 Å². The van der Waals surface area contributed by atoms with Crippen molar-refractivity contribution in [2.24, 2.45) is 5.73 Å². The van der Waals surface area contributed by atoms with E-state index in [1.165, 1.54) is 13.3 Å². The molecule has 1 heterocycles. The third-order valence-electron chi connectivity index (χ3n) is 0.836. The van der Waals surface area contributed by atoms with Crippen molar-refractivity contribution in [1.82, 2.24) is 4.98 Å². The van der Waals surface area contributed by atoms with Crippen LogP contribution < -0.4 is 5.73 Å². The third kappa shape index (κ3) is 2.94. The smallest absolute Gasteiger partial charge is 0.0805 e. The molecule has 0 unspecified atom stereocenters. The molecule has 0 saturated carbocycles. The van der Waals surface area contributed by atoms with Crippen molar-refractivity contribution in [3.05, 3.63) is 30.1 Å². The van der Waals surface area contributed by atoms with E-state index in [4.69, 9.17) is 5.41 Å². The van der Waals surface area contributed by atoms with Crippen LogP contribution in [0.2, 0.25) is 0 Å². The molecule has 10 heavy (non-hydrogen) atoms. The number of nitrogens with zero attached hydrogens (tertiary/aromatic N) is 1. The molecular formula is C7H11N3. The van der Waals surface area contributed by atoms with E-state index in [-0.39, 0.29) is 0 Å². The van der Waals surface area contributed by atoms with E-state index in [2.05, 4.69) is 10.7 Å². The minimum atomic E-state index is 0.701. The number of aromatic nitrogens is 1. The van der Waals surface area contributed by atoms with Crippen molar-refractivity contribution in [2.45, 2.75) is 0 Å². The van der Waals surface area contributed by atoms with Gasteiger partial charge in [-0.2, -0.15) is 0 Å². The molecule has 3 N–H and O–H groups in total. The van der Waals surface area contributed by atoms with Crippen LogP contribution in [0.1, 0.15) is 5.69 Å². The topological polar surface area (TPSA) is 62.8 Å². The van der Waals surface area contributed by atoms with E-state index in [9.17, 15) is 0 Å². The molecule has 0 atom stereocenters. The number of hydrogen-bond acceptors (Lipinski definition) is 3. The van der Waals surface area contributed by atoms with Crippen molar-refractivity contribution in [1.29, 1.82) is 5.41 Å². The van der Waals surface area contributed by atoms with E-state index in [1.807, 2.05) is 12.1 Å². The summed E-state index contributed by atoms with van der Waals surface area (Å²) in [6, 6.07) is 5.47. The van der Waals surface area contributed by atoms with Gasteiger partial charge in [-0.3, -0.25) is 4.98 Å². The maximum Gasteiger partial charge on any atom is 0.0805 e. The predicted octanol–water partition coefficient (Wildman–Crippen LogP) is 0.654. The van der Waals surface area contributed by atoms with Crippen molar-refractivity contribution < 1.29 is 0 Å². The number of nitrogens with two attached hydrogens (primary N) is 1. The van der Waals surface area contributed by atoms with Crippen molar-refractivity contribution in [2.75, 3.05) is 7.05 Å². The lowest BCUT2D eigenvalue weighted by Gasteiger charge is -1.83. The fourth-order valence-electron chi connectivity index (χ4n) is 0.461. The molecule has 0 bridgehead atoms. The summed E-state index contributed by atoms with van der Waals surface area (Å²) in [5, 5.41) is 6.76. The minimum absolute atomic E-state index is 0.701. The molecule has 54 valence electrons. The Balaban J connectivity index is 0.000000371. The van der Waals surface area contributed by atoms with Gasteiger partial charge in [0.25, 0.3) is 0 Å². The summed E-state index contributed by atoms with van der Waals surface area (Å²) in [6.07, 6.45) is 2.89. The molecule has 1 rings (SSSR count). The van der Waals surface area contributed by atoms with Gasteiger partial charge in [0.2, 0.25) is 0 Å². The molecule has 0 radical (unpaired) electrons. The SMILES string of the molecule is CN.N=Cc1ccccn1. The highest BCUT2D eigenvalue weighted by atomic mass is 14.7. The molecule has 0 amide bonds. The number of nitrogens with one attached hydrogen (secondary N) is 1. The van der Waals surface area contributed by atoms with Gasteiger partial charge in [-0.1, -0.05) is 6.07 Å². The van der Waals surface area contributed by atoms with Gasteiger partial charge in [-0.25, -0.2) is 0 Å². The van der Waals surface area contributed by atoms with Crippen LogP contribution in [0.3, 0.4) is 0 Å². The second-order valence-corrected chi connectivity index (χ2v) is 1.40. The molecule has 1 aromatic heterocycles. The van der Waals surface area contributed by atoms with Crippen LogP contribution in [-0.4, -0.2) is 18.2 Å². The Hall–Kier alpha value is -1.22. The van der Waals surface area contributed by atoms with Gasteiger partial charge in [0.15, 0.2) is 0 Å². The molecule has 3 nitrogen and oxygen atoms in total. The van der Waals surface area contributed by atoms with E-state index >= 15 is 0 Å². The third-order valence-corrected chi connectivity index (χ3v) is 0.836. The summed E-state index contributed by atoms with van der Waals surface area (Å²) in [6.45, 7) is 0. The maximum absolute atomic E-state index is 6.76. The molecule has 3 heteroatoms. The largest absolute Gasteiger partial charge is 0.333 e. The van der Waals surface area contributed by atoms with Crippen LogP contribution in [0.15, 0.2) is 24.4 Å². The van der Waals surface area contributed by atoms with Gasteiger partial charge in [-0.05, 0) is 19.2 Å². The van der Waals surface area contributed by atoms with Crippen LogP contribution in [-0.2, 0) is 0 Å². The predicted molar refractivity (Wildman–Crippen MR) is 42.2 cm³/mol. The molecule has 0 fully saturated rings. The Morgan fingerprint density at radius 2 is 2.20 bits per heavy atom. The molecule has 0 aliphatic carbocycles. The van der Waals surface area contributed by atoms with Gasteiger partial charge in [-0.15, -0.1) is 0 Å². The minimum Gasteiger partial charge on any atom is -0.333 e. The Morgan fingerprint density at radius 3 is 2.50 bits per heavy atom. The molecule has 0 aliphatic heterocycles. The van der Waals surface area contributed by atoms with E-state index < -0.39 is 0 Å². The molecule has 1 aromatic rings. The van der Waals surface area contributed by atoms with Crippen LogP contribution in [0.5, 0.6) is 0 Å². The highest BCUT2D eigenvalue weighted by Gasteiger charge is 1.78. The number of pyridine rings is 1. The zero-order valence-electron chi connectivity index (χ0n) is 5.91. The summed E-state index contributed by atoms with van der Waals surface area (Å²) in [5.41, 5.74) is 5.20. The zero-order chi connectivity index (χ0) is 7.82. The standard InChI is InChI=1S/C6H6N2.CH5N/c7-5-6-3-1-2-4-8-6;1-2/h1-5,7H;2H2,1H3. The normalized spacial score (nSPS) is 7.40. The lowest BCUT2D eigenvalue weighted by atomic mass is 10.4. The summed E-state index contributed by atoms with van der Waals surface area (Å²) in [5.74, 6) is 0. The summed E-state index contributed by atoms with van der Waals surface area (Å²) in [4.78, 5) is 3.85. The summed E-state index contributed by atoms with van der Waals surface area (Å²) in [7, 11) is 1.50. The average molecular weight is 137 g/mol. The first-order valence-corrected chi connectivity index (χ1v) is 2.93. The van der Waals surface area contributed by atoms with Crippen LogP contribution in [0.25, 0.3) is 0 Å². The Kier molecular flexibility index (Phi) is 5.19. The Morgan fingerprint density at radius 1 is 1.50 bits per heavy atom. The highest BCUT2D eigenvalue weighted by molar-refractivity contribution is 5.73. The zero-order valence-corrected chi connectivity index (χ0v) is 5.91. The second-order valence-electron chi connectivity index (χ2n) is 1.40. The van der Waals surface area contributed by atoms with Gasteiger partial charge < -0.3 is 11.1 Å². The summed E-state index contributed by atoms with van der Waals surface area (Å²) >= 11 is 0. The Labute approximate surface area is 60.4 Å².